The Balaban J connectivity index is 1.87. The highest BCUT2D eigenvalue weighted by Gasteiger charge is 2.31. The lowest BCUT2D eigenvalue weighted by Gasteiger charge is -2.35. The third-order valence-electron chi connectivity index (χ3n) is 4.36. The molecule has 0 unspecified atom stereocenters. The van der Waals surface area contributed by atoms with Crippen LogP contribution in [0.1, 0.15) is 19.4 Å². The average molecular weight is 348 g/mol. The molecule has 1 heterocycles. The lowest BCUT2D eigenvalue weighted by Crippen LogP contribution is -2.56. The standard InChI is InChI=1S/C18H28N4O3/c1-4-21(15-8-6-5-7-13(15)2)10-9-20-18(24)22-11-14(3)25-16(12-22)17(19)23/h5-8,14,16H,4,9-12H2,1-3H3,(H2,19,23)(H,20,24)/t14-,16-/m1/s1. The number of amides is 3. The summed E-state index contributed by atoms with van der Waals surface area (Å²) in [4.78, 5) is 27.5. The van der Waals surface area contributed by atoms with E-state index >= 15 is 0 Å². The highest BCUT2D eigenvalue weighted by atomic mass is 16.5. The third-order valence-corrected chi connectivity index (χ3v) is 4.36. The van der Waals surface area contributed by atoms with Gasteiger partial charge < -0.3 is 25.6 Å². The Hall–Kier alpha value is -2.28. The van der Waals surface area contributed by atoms with Crippen LogP contribution in [-0.2, 0) is 9.53 Å². The lowest BCUT2D eigenvalue weighted by molar-refractivity contribution is -0.139. The van der Waals surface area contributed by atoms with Crippen molar-refractivity contribution in [2.24, 2.45) is 5.73 Å². The van der Waals surface area contributed by atoms with E-state index < -0.39 is 12.0 Å². The van der Waals surface area contributed by atoms with Crippen LogP contribution in [0, 0.1) is 6.92 Å². The first-order valence-electron chi connectivity index (χ1n) is 8.70. The van der Waals surface area contributed by atoms with Crippen molar-refractivity contribution in [3.05, 3.63) is 29.8 Å². The van der Waals surface area contributed by atoms with Crippen LogP contribution in [0.3, 0.4) is 0 Å². The van der Waals surface area contributed by atoms with E-state index in [1.807, 2.05) is 19.1 Å². The minimum atomic E-state index is -0.742. The summed E-state index contributed by atoms with van der Waals surface area (Å²) in [5.74, 6) is -0.541. The number of rotatable bonds is 6. The maximum absolute atomic E-state index is 12.4. The fraction of sp³-hybridized carbons (Fsp3) is 0.556. The van der Waals surface area contributed by atoms with Gasteiger partial charge in [-0.3, -0.25) is 4.79 Å². The number of ether oxygens (including phenoxy) is 1. The van der Waals surface area contributed by atoms with Crippen molar-refractivity contribution in [3.63, 3.8) is 0 Å². The van der Waals surface area contributed by atoms with Gasteiger partial charge in [-0.15, -0.1) is 0 Å². The molecular formula is C18H28N4O3. The van der Waals surface area contributed by atoms with Crippen LogP contribution >= 0.6 is 0 Å². The van der Waals surface area contributed by atoms with Gasteiger partial charge in [0.1, 0.15) is 0 Å². The summed E-state index contributed by atoms with van der Waals surface area (Å²) in [5.41, 5.74) is 7.68. The molecule has 7 nitrogen and oxygen atoms in total. The van der Waals surface area contributed by atoms with Crippen molar-refractivity contribution in [2.45, 2.75) is 33.0 Å². The van der Waals surface area contributed by atoms with Gasteiger partial charge in [-0.25, -0.2) is 4.79 Å². The zero-order chi connectivity index (χ0) is 18.4. The molecule has 3 amide bonds. The molecule has 7 heteroatoms. The number of nitrogens with two attached hydrogens (primary N) is 1. The van der Waals surface area contributed by atoms with E-state index in [2.05, 4.69) is 36.2 Å². The molecule has 1 saturated heterocycles. The van der Waals surface area contributed by atoms with Gasteiger partial charge in [0.2, 0.25) is 5.91 Å². The molecular weight excluding hydrogens is 320 g/mol. The van der Waals surface area contributed by atoms with E-state index in [9.17, 15) is 9.59 Å². The van der Waals surface area contributed by atoms with E-state index in [0.717, 1.165) is 6.54 Å². The molecule has 0 saturated carbocycles. The highest BCUT2D eigenvalue weighted by Crippen LogP contribution is 2.18. The molecule has 1 aromatic rings. The number of hydrogen-bond acceptors (Lipinski definition) is 4. The summed E-state index contributed by atoms with van der Waals surface area (Å²) in [5, 5.41) is 2.92. The van der Waals surface area contributed by atoms with Crippen LogP contribution in [0.5, 0.6) is 0 Å². The Morgan fingerprint density at radius 2 is 2.08 bits per heavy atom. The Morgan fingerprint density at radius 1 is 1.36 bits per heavy atom. The van der Waals surface area contributed by atoms with E-state index in [4.69, 9.17) is 10.5 Å². The largest absolute Gasteiger partial charge is 0.370 e. The second-order valence-corrected chi connectivity index (χ2v) is 6.34. The Kier molecular flexibility index (Phi) is 6.64. The molecule has 0 bridgehead atoms. The number of likely N-dealkylation sites (N-methyl/N-ethyl adjacent to an activating group) is 1. The van der Waals surface area contributed by atoms with Gasteiger partial charge in [-0.05, 0) is 32.4 Å². The van der Waals surface area contributed by atoms with Crippen LogP contribution in [0.25, 0.3) is 0 Å². The topological polar surface area (TPSA) is 87.9 Å². The number of anilines is 1. The quantitative estimate of drug-likeness (QED) is 0.806. The zero-order valence-corrected chi connectivity index (χ0v) is 15.2. The van der Waals surface area contributed by atoms with Crippen molar-refractivity contribution in [3.8, 4) is 0 Å². The van der Waals surface area contributed by atoms with Gasteiger partial charge in [-0.2, -0.15) is 0 Å². The maximum Gasteiger partial charge on any atom is 0.317 e. The minimum Gasteiger partial charge on any atom is -0.370 e. The molecule has 0 spiro atoms. The summed E-state index contributed by atoms with van der Waals surface area (Å²) in [6.07, 6.45) is -0.954. The molecule has 1 aliphatic rings. The van der Waals surface area contributed by atoms with Crippen molar-refractivity contribution in [2.75, 3.05) is 37.6 Å². The SMILES string of the molecule is CCN(CCNC(=O)N1C[C@@H](C)O[C@@H](C(N)=O)C1)c1ccccc1C. The highest BCUT2D eigenvalue weighted by molar-refractivity contribution is 5.81. The normalized spacial score (nSPS) is 20.2. The van der Waals surface area contributed by atoms with Crippen LogP contribution in [0.15, 0.2) is 24.3 Å². The summed E-state index contributed by atoms with van der Waals surface area (Å²) >= 11 is 0. The summed E-state index contributed by atoms with van der Waals surface area (Å²) in [6, 6.07) is 8.01. The number of primary amides is 1. The number of benzene rings is 1. The number of carbonyl (C=O) groups excluding carboxylic acids is 2. The van der Waals surface area contributed by atoms with Gasteiger partial charge in [0.25, 0.3) is 0 Å². The monoisotopic (exact) mass is 348 g/mol. The van der Waals surface area contributed by atoms with Gasteiger partial charge in [0.05, 0.1) is 12.6 Å². The first-order valence-corrected chi connectivity index (χ1v) is 8.70. The molecule has 0 radical (unpaired) electrons. The number of nitrogens with zero attached hydrogens (tertiary/aromatic N) is 2. The van der Waals surface area contributed by atoms with Gasteiger partial charge in [0, 0.05) is 31.9 Å². The van der Waals surface area contributed by atoms with Crippen LogP contribution in [-0.4, -0.2) is 61.8 Å². The van der Waals surface area contributed by atoms with Crippen LogP contribution < -0.4 is 16.0 Å². The van der Waals surface area contributed by atoms with E-state index in [1.165, 1.54) is 11.3 Å². The predicted molar refractivity (Wildman–Crippen MR) is 97.6 cm³/mol. The Labute approximate surface area is 149 Å². The van der Waals surface area contributed by atoms with E-state index in [1.54, 1.807) is 4.90 Å². The fourth-order valence-corrected chi connectivity index (χ4v) is 3.05. The molecule has 1 aromatic carbocycles. The fourth-order valence-electron chi connectivity index (χ4n) is 3.05. The number of aryl methyl sites for hydroxylation is 1. The summed E-state index contributed by atoms with van der Waals surface area (Å²) in [7, 11) is 0. The average Bonchev–Trinajstić information content (AvgIpc) is 2.59. The van der Waals surface area contributed by atoms with Crippen LogP contribution in [0.2, 0.25) is 0 Å². The van der Waals surface area contributed by atoms with Crippen LogP contribution in [0.4, 0.5) is 10.5 Å². The number of para-hydroxylation sites is 1. The smallest absolute Gasteiger partial charge is 0.317 e. The first-order chi connectivity index (χ1) is 11.9. The van der Waals surface area contributed by atoms with Gasteiger partial charge in [-0.1, -0.05) is 18.2 Å². The molecule has 138 valence electrons. The van der Waals surface area contributed by atoms with Gasteiger partial charge >= 0.3 is 6.03 Å². The number of nitrogens with one attached hydrogen (secondary N) is 1. The number of morpholine rings is 1. The van der Waals surface area contributed by atoms with E-state index in [0.29, 0.717) is 19.6 Å². The molecule has 2 rings (SSSR count). The molecule has 1 aliphatic heterocycles. The molecule has 3 N–H and O–H groups in total. The second kappa shape index (κ2) is 8.71. The van der Waals surface area contributed by atoms with Crippen molar-refractivity contribution < 1.29 is 14.3 Å². The first kappa shape index (κ1) is 19.1. The number of carbonyl (C=O) groups is 2. The summed E-state index contributed by atoms with van der Waals surface area (Å²) < 4.78 is 5.45. The van der Waals surface area contributed by atoms with E-state index in [-0.39, 0.29) is 18.7 Å². The molecule has 25 heavy (non-hydrogen) atoms. The van der Waals surface area contributed by atoms with Gasteiger partial charge in [0.15, 0.2) is 6.10 Å². The molecule has 0 aliphatic carbocycles. The minimum absolute atomic E-state index is 0.192. The molecule has 1 fully saturated rings. The Morgan fingerprint density at radius 3 is 2.72 bits per heavy atom. The number of hydrogen-bond donors (Lipinski definition) is 2. The zero-order valence-electron chi connectivity index (χ0n) is 15.2. The third kappa shape index (κ3) is 5.09. The predicted octanol–water partition coefficient (Wildman–Crippen LogP) is 1.11. The van der Waals surface area contributed by atoms with Crippen molar-refractivity contribution in [1.82, 2.24) is 10.2 Å². The van der Waals surface area contributed by atoms with Crippen molar-refractivity contribution >= 4 is 17.6 Å². The second-order valence-electron chi connectivity index (χ2n) is 6.34. The maximum atomic E-state index is 12.4. The molecule has 2 atom stereocenters. The number of urea groups is 1. The Bertz CT molecular complexity index is 608. The van der Waals surface area contributed by atoms with Crippen molar-refractivity contribution in [1.29, 1.82) is 0 Å². The summed E-state index contributed by atoms with van der Waals surface area (Å²) in [6.45, 7) is 8.74. The lowest BCUT2D eigenvalue weighted by atomic mass is 10.2. The molecule has 0 aromatic heterocycles.